The van der Waals surface area contributed by atoms with Gasteiger partial charge in [-0.15, -0.1) is 0 Å². The molecule has 0 aliphatic rings. The van der Waals surface area contributed by atoms with Crippen LogP contribution in [0.3, 0.4) is 0 Å². The van der Waals surface area contributed by atoms with Crippen LogP contribution < -0.4 is 10.2 Å². The van der Waals surface area contributed by atoms with E-state index in [1.807, 2.05) is 36.9 Å². The third kappa shape index (κ3) is 4.91. The Bertz CT molecular complexity index is 943. The Balaban J connectivity index is 1.67. The molecule has 0 atom stereocenters. The molecule has 0 saturated carbocycles. The first kappa shape index (κ1) is 19.5. The number of anilines is 2. The molecule has 0 aliphatic heterocycles. The van der Waals surface area contributed by atoms with Crippen LogP contribution in [-0.4, -0.2) is 29.0 Å². The Kier molecular flexibility index (Phi) is 6.32. The molecule has 1 N–H and O–H groups in total. The van der Waals surface area contributed by atoms with Crippen LogP contribution in [0.5, 0.6) is 0 Å². The van der Waals surface area contributed by atoms with Gasteiger partial charge in [0.25, 0.3) is 5.91 Å². The molecule has 0 saturated heterocycles. The minimum Gasteiger partial charge on any atom is -0.350 e. The number of nitrogens with zero attached hydrogens (tertiary/aromatic N) is 3. The van der Waals surface area contributed by atoms with E-state index in [0.29, 0.717) is 31.0 Å². The van der Waals surface area contributed by atoms with Gasteiger partial charge in [-0.1, -0.05) is 24.3 Å². The highest BCUT2D eigenvalue weighted by atomic mass is 19.1. The largest absolute Gasteiger partial charge is 0.350 e. The molecule has 144 valence electrons. The second-order valence-corrected chi connectivity index (χ2v) is 6.48. The molecular formula is C22H23FN4O. The maximum atomic E-state index is 12.9. The van der Waals surface area contributed by atoms with Crippen molar-refractivity contribution < 1.29 is 9.18 Å². The quantitative estimate of drug-likeness (QED) is 0.674. The highest BCUT2D eigenvalue weighted by molar-refractivity contribution is 5.93. The summed E-state index contributed by atoms with van der Waals surface area (Å²) in [6.45, 7) is 5.23. The van der Waals surface area contributed by atoms with Crippen molar-refractivity contribution in [3.63, 3.8) is 0 Å². The van der Waals surface area contributed by atoms with Crippen molar-refractivity contribution in [1.82, 2.24) is 15.3 Å². The summed E-state index contributed by atoms with van der Waals surface area (Å²) >= 11 is 0. The SMILES string of the molecule is CCN(c1cccc(C)c1)c1cc(C(=O)NCCc2ccc(F)cc2)ncn1. The summed E-state index contributed by atoms with van der Waals surface area (Å²) in [4.78, 5) is 22.9. The minimum absolute atomic E-state index is 0.258. The number of hydrogen-bond donors (Lipinski definition) is 1. The Morgan fingerprint density at radius 2 is 1.89 bits per heavy atom. The normalized spacial score (nSPS) is 10.5. The second-order valence-electron chi connectivity index (χ2n) is 6.48. The van der Waals surface area contributed by atoms with Gasteiger partial charge in [-0.3, -0.25) is 4.79 Å². The van der Waals surface area contributed by atoms with Gasteiger partial charge in [-0.05, 0) is 55.7 Å². The Morgan fingerprint density at radius 3 is 2.61 bits per heavy atom. The molecule has 0 fully saturated rings. The number of aromatic nitrogens is 2. The van der Waals surface area contributed by atoms with Gasteiger partial charge in [0.05, 0.1) is 0 Å². The van der Waals surface area contributed by atoms with E-state index in [1.54, 1.807) is 18.2 Å². The average molecular weight is 378 g/mol. The molecule has 0 aliphatic carbocycles. The maximum Gasteiger partial charge on any atom is 0.270 e. The zero-order valence-electron chi connectivity index (χ0n) is 16.0. The van der Waals surface area contributed by atoms with Crippen molar-refractivity contribution in [3.8, 4) is 0 Å². The van der Waals surface area contributed by atoms with E-state index in [-0.39, 0.29) is 11.7 Å². The molecule has 3 rings (SSSR count). The fourth-order valence-electron chi connectivity index (χ4n) is 2.95. The van der Waals surface area contributed by atoms with E-state index in [1.165, 1.54) is 18.5 Å². The lowest BCUT2D eigenvalue weighted by Gasteiger charge is -2.22. The van der Waals surface area contributed by atoms with Gasteiger partial charge in [0, 0.05) is 24.8 Å². The van der Waals surface area contributed by atoms with Gasteiger partial charge < -0.3 is 10.2 Å². The van der Waals surface area contributed by atoms with Gasteiger partial charge in [-0.2, -0.15) is 0 Å². The van der Waals surface area contributed by atoms with Crippen LogP contribution >= 0.6 is 0 Å². The molecule has 6 heteroatoms. The molecule has 3 aromatic rings. The van der Waals surface area contributed by atoms with Crippen molar-refractivity contribution in [2.24, 2.45) is 0 Å². The first-order valence-electron chi connectivity index (χ1n) is 9.25. The molecule has 0 spiro atoms. The summed E-state index contributed by atoms with van der Waals surface area (Å²) in [5.41, 5.74) is 3.45. The fourth-order valence-corrected chi connectivity index (χ4v) is 2.95. The van der Waals surface area contributed by atoms with Crippen LogP contribution in [0.15, 0.2) is 60.9 Å². The third-order valence-electron chi connectivity index (χ3n) is 4.40. The lowest BCUT2D eigenvalue weighted by atomic mass is 10.1. The molecular weight excluding hydrogens is 355 g/mol. The number of benzene rings is 2. The zero-order chi connectivity index (χ0) is 19.9. The number of rotatable bonds is 7. The lowest BCUT2D eigenvalue weighted by Crippen LogP contribution is -2.27. The summed E-state index contributed by atoms with van der Waals surface area (Å²) < 4.78 is 12.9. The highest BCUT2D eigenvalue weighted by Crippen LogP contribution is 2.24. The van der Waals surface area contributed by atoms with E-state index < -0.39 is 0 Å². The van der Waals surface area contributed by atoms with Crippen molar-refractivity contribution in [3.05, 3.63) is 83.6 Å². The van der Waals surface area contributed by atoms with Gasteiger partial charge in [0.1, 0.15) is 23.7 Å². The number of amides is 1. The van der Waals surface area contributed by atoms with Gasteiger partial charge >= 0.3 is 0 Å². The Labute approximate surface area is 164 Å². The summed E-state index contributed by atoms with van der Waals surface area (Å²) in [5.74, 6) is 0.147. The second kappa shape index (κ2) is 9.08. The van der Waals surface area contributed by atoms with Crippen LogP contribution in [-0.2, 0) is 6.42 Å². The Hall–Kier alpha value is -3.28. The first-order chi connectivity index (χ1) is 13.6. The number of nitrogens with one attached hydrogen (secondary N) is 1. The monoisotopic (exact) mass is 378 g/mol. The van der Waals surface area contributed by atoms with E-state index in [9.17, 15) is 9.18 Å². The molecule has 5 nitrogen and oxygen atoms in total. The average Bonchev–Trinajstić information content (AvgIpc) is 2.70. The maximum absolute atomic E-state index is 12.9. The third-order valence-corrected chi connectivity index (χ3v) is 4.40. The van der Waals surface area contributed by atoms with Crippen molar-refractivity contribution in [2.75, 3.05) is 18.0 Å². The number of carbonyl (C=O) groups is 1. The minimum atomic E-state index is -0.268. The van der Waals surface area contributed by atoms with Gasteiger partial charge in [-0.25, -0.2) is 14.4 Å². The number of hydrogen-bond acceptors (Lipinski definition) is 4. The molecule has 28 heavy (non-hydrogen) atoms. The summed E-state index contributed by atoms with van der Waals surface area (Å²) in [6, 6.07) is 16.1. The van der Waals surface area contributed by atoms with Crippen LogP contribution in [0.4, 0.5) is 15.9 Å². The Morgan fingerprint density at radius 1 is 1.11 bits per heavy atom. The summed E-state index contributed by atoms with van der Waals surface area (Å²) in [6.07, 6.45) is 2.02. The van der Waals surface area contributed by atoms with E-state index in [0.717, 1.165) is 16.8 Å². The zero-order valence-corrected chi connectivity index (χ0v) is 16.0. The molecule has 1 aromatic heterocycles. The van der Waals surface area contributed by atoms with Crippen molar-refractivity contribution in [2.45, 2.75) is 20.3 Å². The molecule has 2 aromatic carbocycles. The highest BCUT2D eigenvalue weighted by Gasteiger charge is 2.13. The first-order valence-corrected chi connectivity index (χ1v) is 9.25. The molecule has 1 heterocycles. The van der Waals surface area contributed by atoms with E-state index >= 15 is 0 Å². The van der Waals surface area contributed by atoms with Gasteiger partial charge in [0.15, 0.2) is 0 Å². The molecule has 1 amide bonds. The summed E-state index contributed by atoms with van der Waals surface area (Å²) in [5, 5.41) is 2.85. The summed E-state index contributed by atoms with van der Waals surface area (Å²) in [7, 11) is 0. The predicted molar refractivity (Wildman–Crippen MR) is 108 cm³/mol. The number of aryl methyl sites for hydroxylation is 1. The topological polar surface area (TPSA) is 58.1 Å². The van der Waals surface area contributed by atoms with E-state index in [2.05, 4.69) is 21.4 Å². The molecule has 0 unspecified atom stereocenters. The number of halogens is 1. The standard InChI is InChI=1S/C22H23FN4O/c1-3-27(19-6-4-5-16(2)13-19)21-14-20(25-15-26-21)22(28)24-12-11-17-7-9-18(23)10-8-17/h4-10,13-15H,3,11-12H2,1-2H3,(H,24,28). The van der Waals surface area contributed by atoms with Crippen LogP contribution in [0, 0.1) is 12.7 Å². The smallest absolute Gasteiger partial charge is 0.270 e. The molecule has 0 bridgehead atoms. The fraction of sp³-hybridized carbons (Fsp3) is 0.227. The van der Waals surface area contributed by atoms with Crippen LogP contribution in [0.1, 0.15) is 28.5 Å². The van der Waals surface area contributed by atoms with E-state index in [4.69, 9.17) is 0 Å². The van der Waals surface area contributed by atoms with Crippen molar-refractivity contribution >= 4 is 17.4 Å². The molecule has 0 radical (unpaired) electrons. The van der Waals surface area contributed by atoms with Crippen LogP contribution in [0.25, 0.3) is 0 Å². The number of carbonyl (C=O) groups excluding carboxylic acids is 1. The van der Waals surface area contributed by atoms with Crippen LogP contribution in [0.2, 0.25) is 0 Å². The van der Waals surface area contributed by atoms with Crippen molar-refractivity contribution in [1.29, 1.82) is 0 Å². The predicted octanol–water partition coefficient (Wildman–Crippen LogP) is 4.05. The lowest BCUT2D eigenvalue weighted by molar-refractivity contribution is 0.0949. The van der Waals surface area contributed by atoms with Gasteiger partial charge in [0.2, 0.25) is 0 Å².